The first-order valence-electron chi connectivity index (χ1n) is 9.08. The van der Waals surface area contributed by atoms with Gasteiger partial charge in [0.05, 0.1) is 31.1 Å². The Morgan fingerprint density at radius 2 is 1.81 bits per heavy atom. The summed E-state index contributed by atoms with van der Waals surface area (Å²) in [5.74, 6) is -0.134. The molecule has 2 N–H and O–H groups in total. The molecule has 0 aliphatic carbocycles. The van der Waals surface area contributed by atoms with Crippen molar-refractivity contribution in [2.75, 3.05) is 38.2 Å². The number of carbonyl (C=O) groups excluding carboxylic acids is 2. The van der Waals surface area contributed by atoms with E-state index in [2.05, 4.69) is 10.2 Å². The van der Waals surface area contributed by atoms with Gasteiger partial charge in [0.1, 0.15) is 5.75 Å². The Balaban J connectivity index is 1.55. The van der Waals surface area contributed by atoms with Gasteiger partial charge < -0.3 is 25.0 Å². The van der Waals surface area contributed by atoms with E-state index in [9.17, 15) is 14.7 Å². The van der Waals surface area contributed by atoms with Crippen LogP contribution in [0.25, 0.3) is 0 Å². The molecule has 2 amide bonds. The fraction of sp³-hybridized carbons (Fsp3) is 0.579. The summed E-state index contributed by atoms with van der Waals surface area (Å²) in [6.07, 6.45) is -0.740. The van der Waals surface area contributed by atoms with Gasteiger partial charge in [-0.2, -0.15) is 0 Å². The SMILES string of the molecule is COc1ccc(N2CCN(C(=O)C(C)[C@H]3NC(=O)[C@@H]3[C@@H](C)O)CC2)cc1. The molecule has 3 rings (SSSR count). The lowest BCUT2D eigenvalue weighted by Gasteiger charge is -2.44. The topological polar surface area (TPSA) is 82.1 Å². The largest absolute Gasteiger partial charge is 0.497 e. The molecule has 1 aromatic rings. The number of hydrogen-bond acceptors (Lipinski definition) is 5. The minimum Gasteiger partial charge on any atom is -0.497 e. The molecule has 7 heteroatoms. The number of methoxy groups -OCH3 is 1. The van der Waals surface area contributed by atoms with Gasteiger partial charge in [-0.3, -0.25) is 9.59 Å². The van der Waals surface area contributed by atoms with Gasteiger partial charge in [-0.05, 0) is 31.2 Å². The zero-order valence-corrected chi connectivity index (χ0v) is 15.5. The maximum atomic E-state index is 12.8. The molecule has 0 aromatic heterocycles. The van der Waals surface area contributed by atoms with Crippen molar-refractivity contribution in [2.45, 2.75) is 26.0 Å². The first-order valence-corrected chi connectivity index (χ1v) is 9.08. The molecule has 4 atom stereocenters. The zero-order chi connectivity index (χ0) is 18.8. The molecule has 26 heavy (non-hydrogen) atoms. The first-order chi connectivity index (χ1) is 12.4. The number of nitrogens with zero attached hydrogens (tertiary/aromatic N) is 2. The van der Waals surface area contributed by atoms with E-state index in [1.165, 1.54) is 0 Å². The Morgan fingerprint density at radius 1 is 1.19 bits per heavy atom. The third-order valence-electron chi connectivity index (χ3n) is 5.48. The zero-order valence-electron chi connectivity index (χ0n) is 15.5. The fourth-order valence-corrected chi connectivity index (χ4v) is 3.79. The number of aliphatic hydroxyl groups excluding tert-OH is 1. The van der Waals surface area contributed by atoms with Crippen LogP contribution in [0.2, 0.25) is 0 Å². The van der Waals surface area contributed by atoms with Gasteiger partial charge in [-0.1, -0.05) is 6.92 Å². The summed E-state index contributed by atoms with van der Waals surface area (Å²) in [4.78, 5) is 28.5. The van der Waals surface area contributed by atoms with Gasteiger partial charge in [0, 0.05) is 31.9 Å². The standard InChI is InChI=1S/C19H27N3O4/c1-12(17-16(13(2)23)18(24)20-17)19(25)22-10-8-21(9-11-22)14-4-6-15(26-3)7-5-14/h4-7,12-13,16-17,23H,8-11H2,1-3H3,(H,20,24)/t12?,13-,16-,17-/m1/s1. The van der Waals surface area contributed by atoms with E-state index in [4.69, 9.17) is 4.74 Å². The maximum Gasteiger partial charge on any atom is 0.228 e. The highest BCUT2D eigenvalue weighted by molar-refractivity contribution is 5.90. The Hall–Kier alpha value is -2.28. The van der Waals surface area contributed by atoms with Crippen LogP contribution in [-0.2, 0) is 9.59 Å². The van der Waals surface area contributed by atoms with Crippen molar-refractivity contribution in [3.8, 4) is 5.75 Å². The normalized spacial score (nSPS) is 25.2. The number of anilines is 1. The third kappa shape index (κ3) is 3.49. The molecule has 142 valence electrons. The average molecular weight is 361 g/mol. The van der Waals surface area contributed by atoms with Gasteiger partial charge in [0.25, 0.3) is 0 Å². The van der Waals surface area contributed by atoms with E-state index >= 15 is 0 Å². The highest BCUT2D eigenvalue weighted by Gasteiger charge is 2.47. The van der Waals surface area contributed by atoms with E-state index < -0.39 is 12.0 Å². The summed E-state index contributed by atoms with van der Waals surface area (Å²) in [6, 6.07) is 7.63. The third-order valence-corrected chi connectivity index (χ3v) is 5.48. The van der Waals surface area contributed by atoms with Crippen LogP contribution in [0.5, 0.6) is 5.75 Å². The van der Waals surface area contributed by atoms with Crippen molar-refractivity contribution >= 4 is 17.5 Å². The molecular formula is C19H27N3O4. The second kappa shape index (κ2) is 7.53. The number of benzene rings is 1. The van der Waals surface area contributed by atoms with E-state index in [0.717, 1.165) is 24.5 Å². The molecule has 2 aliphatic heterocycles. The summed E-state index contributed by atoms with van der Waals surface area (Å²) in [6.45, 7) is 6.26. The van der Waals surface area contributed by atoms with Crippen molar-refractivity contribution in [1.29, 1.82) is 0 Å². The molecule has 0 saturated carbocycles. The molecule has 2 heterocycles. The molecule has 2 saturated heterocycles. The molecule has 2 fully saturated rings. The molecular weight excluding hydrogens is 334 g/mol. The Labute approximate surface area is 153 Å². The van der Waals surface area contributed by atoms with E-state index in [-0.39, 0.29) is 23.8 Å². The Morgan fingerprint density at radius 3 is 2.31 bits per heavy atom. The summed E-state index contributed by atoms with van der Waals surface area (Å²) in [5.41, 5.74) is 1.12. The molecule has 0 spiro atoms. The minimum absolute atomic E-state index is 0.0371. The van der Waals surface area contributed by atoms with Gasteiger partial charge in [0.15, 0.2) is 0 Å². The number of nitrogens with one attached hydrogen (secondary N) is 1. The summed E-state index contributed by atoms with van der Waals surface area (Å²) >= 11 is 0. The van der Waals surface area contributed by atoms with Crippen molar-refractivity contribution < 1.29 is 19.4 Å². The van der Waals surface area contributed by atoms with Crippen LogP contribution in [0.3, 0.4) is 0 Å². The van der Waals surface area contributed by atoms with E-state index in [1.54, 1.807) is 14.0 Å². The highest BCUT2D eigenvalue weighted by Crippen LogP contribution is 2.27. The maximum absolute atomic E-state index is 12.8. The van der Waals surface area contributed by atoms with Crippen LogP contribution in [0.1, 0.15) is 13.8 Å². The van der Waals surface area contributed by atoms with Crippen LogP contribution in [0, 0.1) is 11.8 Å². The quantitative estimate of drug-likeness (QED) is 0.746. The first kappa shape index (κ1) is 18.5. The van der Waals surface area contributed by atoms with Crippen LogP contribution in [0.4, 0.5) is 5.69 Å². The van der Waals surface area contributed by atoms with Gasteiger partial charge >= 0.3 is 0 Å². The molecule has 1 aromatic carbocycles. The number of aliphatic hydroxyl groups is 1. The Bertz CT molecular complexity index is 653. The smallest absolute Gasteiger partial charge is 0.228 e. The number of amides is 2. The molecule has 0 bridgehead atoms. The molecule has 0 radical (unpaired) electrons. The number of hydrogen-bond donors (Lipinski definition) is 2. The predicted molar refractivity (Wildman–Crippen MR) is 98.1 cm³/mol. The molecule has 1 unspecified atom stereocenters. The van der Waals surface area contributed by atoms with Crippen LogP contribution < -0.4 is 15.0 Å². The van der Waals surface area contributed by atoms with E-state index in [1.807, 2.05) is 36.1 Å². The fourth-order valence-electron chi connectivity index (χ4n) is 3.79. The van der Waals surface area contributed by atoms with Gasteiger partial charge in [-0.15, -0.1) is 0 Å². The van der Waals surface area contributed by atoms with Crippen molar-refractivity contribution in [2.24, 2.45) is 11.8 Å². The number of ether oxygens (including phenoxy) is 1. The lowest BCUT2D eigenvalue weighted by molar-refractivity contribution is -0.148. The van der Waals surface area contributed by atoms with E-state index in [0.29, 0.717) is 13.1 Å². The van der Waals surface area contributed by atoms with Gasteiger partial charge in [-0.25, -0.2) is 0 Å². The predicted octanol–water partition coefficient (Wildman–Crippen LogP) is 0.475. The average Bonchev–Trinajstić information content (AvgIpc) is 2.64. The summed E-state index contributed by atoms with van der Waals surface area (Å²) in [5, 5.41) is 12.5. The second-order valence-corrected chi connectivity index (χ2v) is 7.10. The molecule has 2 aliphatic rings. The number of rotatable bonds is 5. The summed E-state index contributed by atoms with van der Waals surface area (Å²) in [7, 11) is 1.65. The highest BCUT2D eigenvalue weighted by atomic mass is 16.5. The summed E-state index contributed by atoms with van der Waals surface area (Å²) < 4.78 is 5.18. The number of piperazine rings is 1. The Kier molecular flexibility index (Phi) is 5.36. The van der Waals surface area contributed by atoms with Crippen molar-refractivity contribution in [3.63, 3.8) is 0 Å². The van der Waals surface area contributed by atoms with Crippen molar-refractivity contribution in [1.82, 2.24) is 10.2 Å². The lowest BCUT2D eigenvalue weighted by Crippen LogP contribution is -2.66. The number of carbonyl (C=O) groups is 2. The number of β-lactam (4-membered cyclic amide) rings is 1. The minimum atomic E-state index is -0.740. The lowest BCUT2D eigenvalue weighted by atomic mass is 9.78. The second-order valence-electron chi connectivity index (χ2n) is 7.10. The van der Waals surface area contributed by atoms with Crippen LogP contribution in [0.15, 0.2) is 24.3 Å². The van der Waals surface area contributed by atoms with Crippen LogP contribution >= 0.6 is 0 Å². The van der Waals surface area contributed by atoms with Crippen molar-refractivity contribution in [3.05, 3.63) is 24.3 Å². The molecule has 7 nitrogen and oxygen atoms in total. The monoisotopic (exact) mass is 361 g/mol. The van der Waals surface area contributed by atoms with Gasteiger partial charge in [0.2, 0.25) is 11.8 Å². The van der Waals surface area contributed by atoms with Crippen LogP contribution in [-0.4, -0.2) is 67.3 Å².